The van der Waals surface area contributed by atoms with Crippen LogP contribution >= 0.6 is 0 Å². The molecule has 0 spiro atoms. The monoisotopic (exact) mass is 183 g/mol. The molecule has 0 bridgehead atoms. The summed E-state index contributed by atoms with van der Waals surface area (Å²) in [5.41, 5.74) is 6.11. The zero-order chi connectivity index (χ0) is 10.2. The van der Waals surface area contributed by atoms with Gasteiger partial charge in [0.05, 0.1) is 0 Å². The lowest BCUT2D eigenvalue weighted by molar-refractivity contribution is 0.413. The van der Waals surface area contributed by atoms with Crippen LogP contribution in [-0.2, 0) is 5.54 Å². The highest BCUT2D eigenvalue weighted by atomic mass is 19.1. The maximum atomic E-state index is 13.3. The van der Waals surface area contributed by atoms with Crippen molar-refractivity contribution in [3.8, 4) is 5.75 Å². The molecule has 0 radical (unpaired) electrons. The van der Waals surface area contributed by atoms with Gasteiger partial charge < -0.3 is 10.8 Å². The third-order valence-electron chi connectivity index (χ3n) is 1.89. The van der Waals surface area contributed by atoms with Gasteiger partial charge in [0.2, 0.25) is 0 Å². The summed E-state index contributed by atoms with van der Waals surface area (Å²) in [6, 6.07) is 3.03. The zero-order valence-corrected chi connectivity index (χ0v) is 8.06. The summed E-state index contributed by atoms with van der Waals surface area (Å²) >= 11 is 0. The fourth-order valence-corrected chi connectivity index (χ4v) is 1.22. The summed E-state index contributed by atoms with van der Waals surface area (Å²) in [5, 5.41) is 9.21. The van der Waals surface area contributed by atoms with Gasteiger partial charge >= 0.3 is 0 Å². The van der Waals surface area contributed by atoms with Crippen LogP contribution in [0.15, 0.2) is 12.1 Å². The average molecular weight is 183 g/mol. The number of benzene rings is 1. The molecule has 1 rings (SSSR count). The van der Waals surface area contributed by atoms with Crippen molar-refractivity contribution in [2.45, 2.75) is 26.3 Å². The lowest BCUT2D eigenvalue weighted by Crippen LogP contribution is -2.30. The van der Waals surface area contributed by atoms with E-state index in [0.717, 1.165) is 5.56 Å². The van der Waals surface area contributed by atoms with Gasteiger partial charge in [0.1, 0.15) is 0 Å². The minimum atomic E-state index is -0.770. The van der Waals surface area contributed by atoms with Gasteiger partial charge in [-0.2, -0.15) is 0 Å². The smallest absolute Gasteiger partial charge is 0.169 e. The average Bonchev–Trinajstić information content (AvgIpc) is 1.94. The molecule has 1 aromatic rings. The first-order valence-electron chi connectivity index (χ1n) is 4.11. The largest absolute Gasteiger partial charge is 0.505 e. The van der Waals surface area contributed by atoms with E-state index in [1.165, 1.54) is 6.07 Å². The van der Waals surface area contributed by atoms with Gasteiger partial charge in [-0.1, -0.05) is 6.07 Å². The number of halogens is 1. The highest BCUT2D eigenvalue weighted by Gasteiger charge is 2.21. The molecule has 0 aromatic heterocycles. The molecule has 3 heteroatoms. The van der Waals surface area contributed by atoms with Crippen molar-refractivity contribution in [1.29, 1.82) is 0 Å². The molecule has 0 atom stereocenters. The molecule has 0 amide bonds. The summed E-state index contributed by atoms with van der Waals surface area (Å²) in [7, 11) is 0. The standard InChI is InChI=1S/C10H14FNO/c1-6-4-7(10(2,3)12)9(11)8(13)5-6/h4-5,13H,12H2,1-3H3. The first-order valence-corrected chi connectivity index (χ1v) is 4.11. The van der Waals surface area contributed by atoms with Crippen molar-refractivity contribution in [2.24, 2.45) is 5.73 Å². The molecule has 0 aliphatic heterocycles. The van der Waals surface area contributed by atoms with Crippen LogP contribution in [0, 0.1) is 12.7 Å². The van der Waals surface area contributed by atoms with Crippen LogP contribution in [0.25, 0.3) is 0 Å². The van der Waals surface area contributed by atoms with Crippen molar-refractivity contribution < 1.29 is 9.50 Å². The number of phenolic OH excluding ortho intramolecular Hbond substituents is 1. The fourth-order valence-electron chi connectivity index (χ4n) is 1.22. The lowest BCUT2D eigenvalue weighted by atomic mass is 9.93. The third-order valence-corrected chi connectivity index (χ3v) is 1.89. The fraction of sp³-hybridized carbons (Fsp3) is 0.400. The summed E-state index contributed by atoms with van der Waals surface area (Å²) in [6.45, 7) is 5.18. The summed E-state index contributed by atoms with van der Waals surface area (Å²) in [6.07, 6.45) is 0. The molecule has 2 nitrogen and oxygen atoms in total. The Morgan fingerprint density at radius 1 is 1.38 bits per heavy atom. The second-order valence-electron chi connectivity index (χ2n) is 3.87. The van der Waals surface area contributed by atoms with Gasteiger partial charge in [0.15, 0.2) is 11.6 Å². The molecule has 13 heavy (non-hydrogen) atoms. The third kappa shape index (κ3) is 1.98. The van der Waals surface area contributed by atoms with Gasteiger partial charge in [-0.25, -0.2) is 4.39 Å². The second-order valence-corrected chi connectivity index (χ2v) is 3.87. The van der Waals surface area contributed by atoms with E-state index < -0.39 is 11.4 Å². The molecule has 0 saturated heterocycles. The van der Waals surface area contributed by atoms with Gasteiger partial charge in [-0.15, -0.1) is 0 Å². The van der Waals surface area contributed by atoms with Crippen molar-refractivity contribution in [3.63, 3.8) is 0 Å². The molecule has 0 fully saturated rings. The quantitative estimate of drug-likeness (QED) is 0.699. The topological polar surface area (TPSA) is 46.2 Å². The Morgan fingerprint density at radius 2 is 1.92 bits per heavy atom. The maximum Gasteiger partial charge on any atom is 0.169 e. The predicted octanol–water partition coefficient (Wildman–Crippen LogP) is 2.03. The number of phenols is 1. The summed E-state index contributed by atoms with van der Waals surface area (Å²) in [4.78, 5) is 0. The Balaban J connectivity index is 3.37. The van der Waals surface area contributed by atoms with Crippen molar-refractivity contribution in [1.82, 2.24) is 0 Å². The molecular weight excluding hydrogens is 169 g/mol. The molecular formula is C10H14FNO. The molecule has 0 heterocycles. The Labute approximate surface area is 77.2 Å². The maximum absolute atomic E-state index is 13.3. The van der Waals surface area contributed by atoms with E-state index in [9.17, 15) is 9.50 Å². The number of aryl methyl sites for hydroxylation is 1. The SMILES string of the molecule is Cc1cc(O)c(F)c(C(C)(C)N)c1. The van der Waals surface area contributed by atoms with Crippen LogP contribution in [0.2, 0.25) is 0 Å². The number of rotatable bonds is 1. The van der Waals surface area contributed by atoms with E-state index in [-0.39, 0.29) is 5.75 Å². The number of aromatic hydroxyl groups is 1. The zero-order valence-electron chi connectivity index (χ0n) is 8.06. The minimum Gasteiger partial charge on any atom is -0.505 e. The number of nitrogens with two attached hydrogens (primary N) is 1. The van der Waals surface area contributed by atoms with Crippen LogP contribution in [0.4, 0.5) is 4.39 Å². The van der Waals surface area contributed by atoms with Crippen molar-refractivity contribution in [2.75, 3.05) is 0 Å². The van der Waals surface area contributed by atoms with Gasteiger partial charge in [-0.05, 0) is 32.4 Å². The molecule has 1 aromatic carbocycles. The van der Waals surface area contributed by atoms with Gasteiger partial charge in [-0.3, -0.25) is 0 Å². The van der Waals surface area contributed by atoms with Crippen LogP contribution in [0.3, 0.4) is 0 Å². The highest BCUT2D eigenvalue weighted by molar-refractivity contribution is 5.38. The highest BCUT2D eigenvalue weighted by Crippen LogP contribution is 2.27. The normalized spacial score (nSPS) is 11.8. The molecule has 3 N–H and O–H groups in total. The van der Waals surface area contributed by atoms with Gasteiger partial charge in [0.25, 0.3) is 0 Å². The van der Waals surface area contributed by atoms with E-state index in [1.807, 2.05) is 0 Å². The molecule has 0 unspecified atom stereocenters. The van der Waals surface area contributed by atoms with E-state index in [0.29, 0.717) is 5.56 Å². The Morgan fingerprint density at radius 3 is 2.38 bits per heavy atom. The van der Waals surface area contributed by atoms with E-state index in [4.69, 9.17) is 5.73 Å². The van der Waals surface area contributed by atoms with Crippen LogP contribution < -0.4 is 5.73 Å². The Hall–Kier alpha value is -1.09. The second kappa shape index (κ2) is 3.00. The molecule has 0 saturated carbocycles. The Kier molecular flexibility index (Phi) is 2.30. The van der Waals surface area contributed by atoms with Crippen molar-refractivity contribution >= 4 is 0 Å². The lowest BCUT2D eigenvalue weighted by Gasteiger charge is -2.20. The van der Waals surface area contributed by atoms with E-state index in [2.05, 4.69) is 0 Å². The first-order chi connectivity index (χ1) is 5.82. The summed E-state index contributed by atoms with van der Waals surface area (Å²) in [5.74, 6) is -0.966. The molecule has 72 valence electrons. The van der Waals surface area contributed by atoms with Crippen molar-refractivity contribution in [3.05, 3.63) is 29.1 Å². The van der Waals surface area contributed by atoms with Crippen LogP contribution in [0.5, 0.6) is 5.75 Å². The molecule has 0 aliphatic rings. The first kappa shape index (κ1) is 9.99. The van der Waals surface area contributed by atoms with E-state index >= 15 is 0 Å². The van der Waals surface area contributed by atoms with E-state index in [1.54, 1.807) is 26.8 Å². The molecule has 0 aliphatic carbocycles. The van der Waals surface area contributed by atoms with Crippen LogP contribution in [0.1, 0.15) is 25.0 Å². The predicted molar refractivity (Wildman–Crippen MR) is 50.0 cm³/mol. The Bertz CT molecular complexity index is 328. The summed E-state index contributed by atoms with van der Waals surface area (Å²) < 4.78 is 13.3. The van der Waals surface area contributed by atoms with Gasteiger partial charge in [0, 0.05) is 11.1 Å². The number of hydrogen-bond acceptors (Lipinski definition) is 2. The minimum absolute atomic E-state index is 0.338. The van der Waals surface area contributed by atoms with Crippen LogP contribution in [-0.4, -0.2) is 5.11 Å². The number of hydrogen-bond donors (Lipinski definition) is 2.